The van der Waals surface area contributed by atoms with Crippen LogP contribution in [0.25, 0.3) is 5.76 Å². The lowest BCUT2D eigenvalue weighted by molar-refractivity contribution is -0.115. The molecule has 3 aromatic carbocycles. The molecule has 1 amide bonds. The van der Waals surface area contributed by atoms with Gasteiger partial charge in [-0.05, 0) is 48.9 Å². The highest BCUT2D eigenvalue weighted by Gasteiger charge is 2.32. The number of carbonyl (C=O) groups is 1. The van der Waals surface area contributed by atoms with Crippen LogP contribution in [0.3, 0.4) is 0 Å². The van der Waals surface area contributed by atoms with Gasteiger partial charge in [-0.3, -0.25) is 4.79 Å². The van der Waals surface area contributed by atoms with E-state index in [1.807, 2.05) is 73.7 Å². The fraction of sp³-hybridized carbons (Fsp3) is 0.111. The van der Waals surface area contributed by atoms with Gasteiger partial charge in [0.1, 0.15) is 21.6 Å². The average Bonchev–Trinajstić information content (AvgIpc) is 3.16. The Morgan fingerprint density at radius 3 is 2.45 bits per heavy atom. The Hall–Kier alpha value is -3.35. The van der Waals surface area contributed by atoms with Crippen LogP contribution in [0.5, 0.6) is 11.5 Å². The second-order valence-electron chi connectivity index (χ2n) is 7.58. The molecule has 0 saturated carbocycles. The van der Waals surface area contributed by atoms with Crippen LogP contribution in [0, 0.1) is 0 Å². The third-order valence-corrected chi connectivity index (χ3v) is 6.67. The standard InChI is InChI=1S/C27H21NO3S2/c1-2-30-19-14-12-18(13-15-19)25-21(16-23-26(29)28-27(32)33-23)24(17-8-4-3-5-9-17)20-10-6-7-11-22(20)31-25/h3-16,24H,2H2,1H3,(H,28,29,32)/b23-16-. The highest BCUT2D eigenvalue weighted by molar-refractivity contribution is 8.26. The van der Waals surface area contributed by atoms with Crippen molar-refractivity contribution in [2.24, 2.45) is 0 Å². The molecule has 3 aromatic rings. The Balaban J connectivity index is 1.73. The third-order valence-electron chi connectivity index (χ3n) is 5.50. The summed E-state index contributed by atoms with van der Waals surface area (Å²) in [6.45, 7) is 2.56. The van der Waals surface area contributed by atoms with Gasteiger partial charge in [0.05, 0.1) is 11.5 Å². The van der Waals surface area contributed by atoms with Crippen molar-refractivity contribution in [2.45, 2.75) is 12.8 Å². The predicted octanol–water partition coefficient (Wildman–Crippen LogP) is 6.05. The third kappa shape index (κ3) is 4.32. The maximum atomic E-state index is 12.5. The first-order chi connectivity index (χ1) is 16.1. The van der Waals surface area contributed by atoms with Gasteiger partial charge in [0, 0.05) is 22.6 Å². The number of ether oxygens (including phenoxy) is 2. The van der Waals surface area contributed by atoms with Gasteiger partial charge in [-0.1, -0.05) is 72.5 Å². The van der Waals surface area contributed by atoms with Gasteiger partial charge in [-0.15, -0.1) is 0 Å². The molecular weight excluding hydrogens is 450 g/mol. The van der Waals surface area contributed by atoms with Crippen LogP contribution in [0.4, 0.5) is 0 Å². The predicted molar refractivity (Wildman–Crippen MR) is 136 cm³/mol. The number of hydrogen-bond donors (Lipinski definition) is 1. The van der Waals surface area contributed by atoms with Crippen molar-refractivity contribution in [3.8, 4) is 11.5 Å². The van der Waals surface area contributed by atoms with Crippen molar-refractivity contribution in [2.75, 3.05) is 6.61 Å². The molecule has 2 heterocycles. The minimum Gasteiger partial charge on any atom is -0.494 e. The first kappa shape index (κ1) is 21.5. The molecule has 1 fully saturated rings. The largest absolute Gasteiger partial charge is 0.494 e. The number of allylic oxidation sites excluding steroid dienone is 2. The summed E-state index contributed by atoms with van der Waals surface area (Å²) in [7, 11) is 0. The molecule has 0 bridgehead atoms. The quantitative estimate of drug-likeness (QED) is 0.362. The SMILES string of the molecule is CCOc1ccc(C2=C(/C=C3\SC(=S)NC3=O)C(c3ccccc3)c3ccccc3O2)cc1. The van der Waals surface area contributed by atoms with Crippen molar-refractivity contribution >= 4 is 40.0 Å². The van der Waals surface area contributed by atoms with Gasteiger partial charge in [-0.2, -0.15) is 0 Å². The van der Waals surface area contributed by atoms with Crippen molar-refractivity contribution < 1.29 is 14.3 Å². The second kappa shape index (κ2) is 9.25. The van der Waals surface area contributed by atoms with E-state index < -0.39 is 0 Å². The molecule has 4 nitrogen and oxygen atoms in total. The fourth-order valence-electron chi connectivity index (χ4n) is 4.09. The van der Waals surface area contributed by atoms with Crippen molar-refractivity contribution in [3.63, 3.8) is 0 Å². The Morgan fingerprint density at radius 2 is 1.76 bits per heavy atom. The monoisotopic (exact) mass is 471 g/mol. The molecule has 33 heavy (non-hydrogen) atoms. The number of nitrogens with one attached hydrogen (secondary N) is 1. The molecule has 6 heteroatoms. The molecule has 1 saturated heterocycles. The molecule has 0 aromatic heterocycles. The summed E-state index contributed by atoms with van der Waals surface area (Å²) in [4.78, 5) is 13.1. The molecule has 1 unspecified atom stereocenters. The van der Waals surface area contributed by atoms with Crippen LogP contribution < -0.4 is 14.8 Å². The number of benzene rings is 3. The van der Waals surface area contributed by atoms with Crippen LogP contribution in [-0.2, 0) is 4.79 Å². The molecule has 0 spiro atoms. The van der Waals surface area contributed by atoms with Gasteiger partial charge < -0.3 is 14.8 Å². The smallest absolute Gasteiger partial charge is 0.263 e. The van der Waals surface area contributed by atoms with Gasteiger partial charge in [-0.25, -0.2) is 0 Å². The Kier molecular flexibility index (Phi) is 6.03. The van der Waals surface area contributed by atoms with E-state index in [2.05, 4.69) is 23.5 Å². The average molecular weight is 472 g/mol. The lowest BCUT2D eigenvalue weighted by Gasteiger charge is -2.30. The van der Waals surface area contributed by atoms with E-state index in [-0.39, 0.29) is 11.8 Å². The number of fused-ring (bicyclic) bond motifs is 1. The molecule has 2 aliphatic rings. The Labute approximate surface area is 202 Å². The first-order valence-corrected chi connectivity index (χ1v) is 11.9. The molecule has 1 N–H and O–H groups in total. The van der Waals surface area contributed by atoms with Crippen molar-refractivity contribution in [1.82, 2.24) is 5.32 Å². The van der Waals surface area contributed by atoms with Gasteiger partial charge in [0.25, 0.3) is 5.91 Å². The van der Waals surface area contributed by atoms with Crippen LogP contribution in [0.1, 0.15) is 29.5 Å². The summed E-state index contributed by atoms with van der Waals surface area (Å²) < 4.78 is 12.6. The molecule has 0 aliphatic carbocycles. The van der Waals surface area contributed by atoms with E-state index in [9.17, 15) is 4.79 Å². The number of thioether (sulfide) groups is 1. The molecule has 2 aliphatic heterocycles. The highest BCUT2D eigenvalue weighted by Crippen LogP contribution is 2.47. The summed E-state index contributed by atoms with van der Waals surface area (Å²) in [5.41, 5.74) is 3.99. The minimum atomic E-state index is -0.186. The zero-order valence-corrected chi connectivity index (χ0v) is 19.5. The molecule has 164 valence electrons. The molecule has 5 rings (SSSR count). The number of para-hydroxylation sites is 1. The van der Waals surface area contributed by atoms with Gasteiger partial charge in [0.2, 0.25) is 0 Å². The van der Waals surface area contributed by atoms with E-state index in [4.69, 9.17) is 21.7 Å². The van der Waals surface area contributed by atoms with E-state index >= 15 is 0 Å². The van der Waals surface area contributed by atoms with Crippen LogP contribution in [0.15, 0.2) is 95.4 Å². The normalized spacial score (nSPS) is 18.7. The zero-order valence-electron chi connectivity index (χ0n) is 17.9. The van der Waals surface area contributed by atoms with Crippen LogP contribution >= 0.6 is 24.0 Å². The van der Waals surface area contributed by atoms with E-state index in [0.29, 0.717) is 21.6 Å². The summed E-state index contributed by atoms with van der Waals surface area (Å²) >= 11 is 6.49. The van der Waals surface area contributed by atoms with Crippen molar-refractivity contribution in [3.05, 3.63) is 112 Å². The molecular formula is C27H21NO3S2. The number of thiocarbonyl (C=S) groups is 1. The number of hydrogen-bond acceptors (Lipinski definition) is 5. The molecule has 0 radical (unpaired) electrons. The lowest BCUT2D eigenvalue weighted by Crippen LogP contribution is -2.19. The van der Waals surface area contributed by atoms with Gasteiger partial charge >= 0.3 is 0 Å². The number of carbonyl (C=O) groups excluding carboxylic acids is 1. The minimum absolute atomic E-state index is 0.104. The van der Waals surface area contributed by atoms with Crippen LogP contribution in [0.2, 0.25) is 0 Å². The summed E-state index contributed by atoms with van der Waals surface area (Å²) in [6.07, 6.45) is 1.92. The summed E-state index contributed by atoms with van der Waals surface area (Å²) in [5.74, 6) is 2.02. The Bertz CT molecular complexity index is 1280. The van der Waals surface area contributed by atoms with Crippen LogP contribution in [-0.4, -0.2) is 16.8 Å². The van der Waals surface area contributed by atoms with E-state index in [0.717, 1.165) is 33.8 Å². The maximum Gasteiger partial charge on any atom is 0.263 e. The maximum absolute atomic E-state index is 12.5. The molecule has 1 atom stereocenters. The number of rotatable bonds is 5. The second-order valence-corrected chi connectivity index (χ2v) is 9.30. The number of amides is 1. The topological polar surface area (TPSA) is 47.6 Å². The highest BCUT2D eigenvalue weighted by atomic mass is 32.2. The van der Waals surface area contributed by atoms with E-state index in [1.165, 1.54) is 11.8 Å². The Morgan fingerprint density at radius 1 is 1.03 bits per heavy atom. The lowest BCUT2D eigenvalue weighted by atomic mass is 9.81. The van der Waals surface area contributed by atoms with Crippen molar-refractivity contribution in [1.29, 1.82) is 0 Å². The van der Waals surface area contributed by atoms with E-state index in [1.54, 1.807) is 0 Å². The van der Waals surface area contributed by atoms with Gasteiger partial charge in [0.15, 0.2) is 0 Å². The summed E-state index contributed by atoms with van der Waals surface area (Å²) in [5, 5.41) is 2.71. The zero-order chi connectivity index (χ0) is 22.8. The fourth-order valence-corrected chi connectivity index (χ4v) is 5.13. The first-order valence-electron chi connectivity index (χ1n) is 10.7. The summed E-state index contributed by atoms with van der Waals surface area (Å²) in [6, 6.07) is 26.2.